The van der Waals surface area contributed by atoms with Gasteiger partial charge in [0.25, 0.3) is 0 Å². The molecule has 2 atom stereocenters. The van der Waals surface area contributed by atoms with E-state index in [9.17, 15) is 9.90 Å². The predicted octanol–water partition coefficient (Wildman–Crippen LogP) is 4.14. The number of hydrogen-bond acceptors (Lipinski definition) is 7. The SMILES string of the molecule is CCOc1ncc(N[C@@]2(C(C)C)COCCN2c2ccccc2C(CC)CC(=O)O)cn1. The number of aliphatic carboxylic acids is 1. The van der Waals surface area contributed by atoms with Gasteiger partial charge in [0.05, 0.1) is 44.3 Å². The summed E-state index contributed by atoms with van der Waals surface area (Å²) >= 11 is 0. The summed E-state index contributed by atoms with van der Waals surface area (Å²) in [5.41, 5.74) is 2.31. The van der Waals surface area contributed by atoms with E-state index in [1.807, 2.05) is 32.0 Å². The van der Waals surface area contributed by atoms with Crippen LogP contribution in [-0.2, 0) is 9.53 Å². The van der Waals surface area contributed by atoms with Crippen LogP contribution in [0.15, 0.2) is 36.7 Å². The van der Waals surface area contributed by atoms with Crippen LogP contribution in [0.4, 0.5) is 11.4 Å². The number of hydrogen-bond donors (Lipinski definition) is 2. The molecule has 2 aromatic rings. The van der Waals surface area contributed by atoms with Crippen molar-refractivity contribution in [1.82, 2.24) is 9.97 Å². The molecule has 1 saturated heterocycles. The summed E-state index contributed by atoms with van der Waals surface area (Å²) in [6.45, 7) is 10.5. The lowest BCUT2D eigenvalue weighted by molar-refractivity contribution is -0.137. The van der Waals surface area contributed by atoms with Crippen molar-refractivity contribution in [3.8, 4) is 6.01 Å². The van der Waals surface area contributed by atoms with E-state index in [0.29, 0.717) is 32.4 Å². The highest BCUT2D eigenvalue weighted by Crippen LogP contribution is 2.39. The fourth-order valence-electron chi connectivity index (χ4n) is 4.32. The Kier molecular flexibility index (Phi) is 7.90. The Bertz CT molecular complexity index is 890. The van der Waals surface area contributed by atoms with Crippen LogP contribution in [0.1, 0.15) is 52.0 Å². The Labute approximate surface area is 190 Å². The normalized spacial score (nSPS) is 19.6. The predicted molar refractivity (Wildman–Crippen MR) is 124 cm³/mol. The number of morpholine rings is 1. The molecule has 0 radical (unpaired) electrons. The molecule has 1 aromatic carbocycles. The van der Waals surface area contributed by atoms with Crippen molar-refractivity contribution < 1.29 is 19.4 Å². The minimum Gasteiger partial charge on any atom is -0.481 e. The number of rotatable bonds is 10. The molecule has 3 rings (SSSR count). The van der Waals surface area contributed by atoms with Gasteiger partial charge in [0.2, 0.25) is 0 Å². The summed E-state index contributed by atoms with van der Waals surface area (Å²) in [6, 6.07) is 8.46. The number of nitrogens with zero attached hydrogens (tertiary/aromatic N) is 3. The van der Waals surface area contributed by atoms with Gasteiger partial charge in [-0.05, 0) is 36.8 Å². The standard InChI is InChI=1S/C24H34N4O4/c1-5-18(13-22(29)30)20-9-7-8-10-21(20)28-11-12-31-16-24(28,17(3)4)27-19-14-25-23(26-15-19)32-6-2/h7-10,14-15,17-18,27H,5-6,11-13,16H2,1-4H3,(H,29,30)/t18?,24-/m0/s1. The fourth-order valence-corrected chi connectivity index (χ4v) is 4.32. The number of para-hydroxylation sites is 1. The van der Waals surface area contributed by atoms with E-state index < -0.39 is 11.6 Å². The average Bonchev–Trinajstić information content (AvgIpc) is 2.79. The molecule has 8 heteroatoms. The van der Waals surface area contributed by atoms with Gasteiger partial charge in [0, 0.05) is 12.2 Å². The van der Waals surface area contributed by atoms with Gasteiger partial charge in [0.15, 0.2) is 0 Å². The molecule has 2 N–H and O–H groups in total. The van der Waals surface area contributed by atoms with Gasteiger partial charge in [-0.2, -0.15) is 0 Å². The maximum absolute atomic E-state index is 11.5. The van der Waals surface area contributed by atoms with E-state index >= 15 is 0 Å². The van der Waals surface area contributed by atoms with Gasteiger partial charge < -0.3 is 24.8 Å². The smallest absolute Gasteiger partial charge is 0.316 e. The number of carboxylic acids is 1. The largest absolute Gasteiger partial charge is 0.481 e. The quantitative estimate of drug-likeness (QED) is 0.567. The second-order valence-corrected chi connectivity index (χ2v) is 8.36. The second-order valence-electron chi connectivity index (χ2n) is 8.36. The first-order valence-electron chi connectivity index (χ1n) is 11.3. The third-order valence-electron chi connectivity index (χ3n) is 6.06. The van der Waals surface area contributed by atoms with E-state index in [-0.39, 0.29) is 18.3 Å². The van der Waals surface area contributed by atoms with Crippen LogP contribution in [0.5, 0.6) is 6.01 Å². The Morgan fingerprint density at radius 2 is 2.00 bits per heavy atom. The second kappa shape index (κ2) is 10.6. The zero-order valence-corrected chi connectivity index (χ0v) is 19.4. The van der Waals surface area contributed by atoms with Crippen LogP contribution >= 0.6 is 0 Å². The van der Waals surface area contributed by atoms with E-state index in [2.05, 4.69) is 40.1 Å². The molecule has 0 spiro atoms. The number of carboxylic acid groups (broad SMARTS) is 1. The lowest BCUT2D eigenvalue weighted by Crippen LogP contribution is -2.65. The van der Waals surface area contributed by atoms with Crippen LogP contribution < -0.4 is 15.0 Å². The third kappa shape index (κ3) is 5.12. The van der Waals surface area contributed by atoms with Gasteiger partial charge in [-0.25, -0.2) is 9.97 Å². The monoisotopic (exact) mass is 442 g/mol. The minimum atomic E-state index is -0.784. The lowest BCUT2D eigenvalue weighted by Gasteiger charge is -2.52. The summed E-state index contributed by atoms with van der Waals surface area (Å²) in [5.74, 6) is -0.680. The molecule has 0 aliphatic carbocycles. The van der Waals surface area contributed by atoms with E-state index in [0.717, 1.165) is 23.4 Å². The fraction of sp³-hybridized carbons (Fsp3) is 0.542. The maximum Gasteiger partial charge on any atom is 0.316 e. The van der Waals surface area contributed by atoms with Crippen LogP contribution in [0.3, 0.4) is 0 Å². The van der Waals surface area contributed by atoms with Gasteiger partial charge in [-0.1, -0.05) is 39.0 Å². The summed E-state index contributed by atoms with van der Waals surface area (Å²) in [6.07, 6.45) is 4.30. The molecule has 1 unspecified atom stereocenters. The third-order valence-corrected chi connectivity index (χ3v) is 6.06. The van der Waals surface area contributed by atoms with Crippen molar-refractivity contribution in [2.75, 3.05) is 36.6 Å². The Balaban J connectivity index is 2.01. The molecule has 8 nitrogen and oxygen atoms in total. The number of anilines is 2. The zero-order chi connectivity index (χ0) is 23.1. The summed E-state index contributed by atoms with van der Waals surface area (Å²) in [4.78, 5) is 22.4. The van der Waals surface area contributed by atoms with E-state index in [4.69, 9.17) is 9.47 Å². The van der Waals surface area contributed by atoms with E-state index in [1.165, 1.54) is 0 Å². The van der Waals surface area contributed by atoms with Crippen LogP contribution in [0.2, 0.25) is 0 Å². The Morgan fingerprint density at radius 3 is 2.62 bits per heavy atom. The molecule has 2 heterocycles. The number of ether oxygens (including phenoxy) is 2. The van der Waals surface area contributed by atoms with Gasteiger partial charge >= 0.3 is 12.0 Å². The lowest BCUT2D eigenvalue weighted by atomic mass is 9.87. The molecule has 1 aromatic heterocycles. The number of carbonyl (C=O) groups is 1. The van der Waals surface area contributed by atoms with Gasteiger partial charge in [-0.3, -0.25) is 4.79 Å². The average molecular weight is 443 g/mol. The molecular formula is C24H34N4O4. The van der Waals surface area contributed by atoms with Crippen LogP contribution in [-0.4, -0.2) is 53.1 Å². The highest BCUT2D eigenvalue weighted by Gasteiger charge is 2.44. The van der Waals surface area contributed by atoms with E-state index in [1.54, 1.807) is 12.4 Å². The Morgan fingerprint density at radius 1 is 1.28 bits per heavy atom. The maximum atomic E-state index is 11.5. The molecule has 0 saturated carbocycles. The first-order valence-corrected chi connectivity index (χ1v) is 11.3. The number of aromatic nitrogens is 2. The van der Waals surface area contributed by atoms with Crippen molar-refractivity contribution in [3.05, 3.63) is 42.2 Å². The molecule has 0 amide bonds. The van der Waals surface area contributed by atoms with Gasteiger partial charge in [0.1, 0.15) is 5.66 Å². The zero-order valence-electron chi connectivity index (χ0n) is 19.4. The summed E-state index contributed by atoms with van der Waals surface area (Å²) < 4.78 is 11.3. The van der Waals surface area contributed by atoms with Crippen LogP contribution in [0, 0.1) is 5.92 Å². The van der Waals surface area contributed by atoms with Gasteiger partial charge in [-0.15, -0.1) is 0 Å². The molecule has 1 fully saturated rings. The highest BCUT2D eigenvalue weighted by atomic mass is 16.5. The molecule has 32 heavy (non-hydrogen) atoms. The van der Waals surface area contributed by atoms with Crippen molar-refractivity contribution in [2.24, 2.45) is 5.92 Å². The molecular weight excluding hydrogens is 408 g/mol. The Hall–Kier alpha value is -2.87. The minimum absolute atomic E-state index is 0.0646. The number of benzene rings is 1. The summed E-state index contributed by atoms with van der Waals surface area (Å²) in [5, 5.41) is 13.1. The highest BCUT2D eigenvalue weighted by molar-refractivity contribution is 5.69. The molecule has 0 bridgehead atoms. The molecule has 1 aliphatic rings. The molecule has 174 valence electrons. The van der Waals surface area contributed by atoms with Crippen LogP contribution in [0.25, 0.3) is 0 Å². The van der Waals surface area contributed by atoms with Crippen molar-refractivity contribution >= 4 is 17.3 Å². The number of nitrogens with one attached hydrogen (secondary N) is 1. The van der Waals surface area contributed by atoms with Crippen molar-refractivity contribution in [3.63, 3.8) is 0 Å². The van der Waals surface area contributed by atoms with Crippen molar-refractivity contribution in [1.29, 1.82) is 0 Å². The molecule has 1 aliphatic heterocycles. The summed E-state index contributed by atoms with van der Waals surface area (Å²) in [7, 11) is 0. The van der Waals surface area contributed by atoms with Crippen molar-refractivity contribution in [2.45, 2.75) is 52.1 Å². The first-order chi connectivity index (χ1) is 15.4. The first kappa shape index (κ1) is 23.8. The topological polar surface area (TPSA) is 96.8 Å².